The lowest BCUT2D eigenvalue weighted by atomic mass is 9.90. The maximum Gasteiger partial charge on any atom is 0.336 e. The monoisotopic (exact) mass is 422 g/mol. The first-order valence-corrected chi connectivity index (χ1v) is 10.7. The molecule has 2 aromatic rings. The Kier molecular flexibility index (Phi) is 6.54. The van der Waals surface area contributed by atoms with E-state index in [0.717, 1.165) is 12.8 Å². The molecule has 164 valence electrons. The van der Waals surface area contributed by atoms with Crippen molar-refractivity contribution in [3.63, 3.8) is 0 Å². The van der Waals surface area contributed by atoms with E-state index in [1.165, 1.54) is 11.6 Å². The second-order valence-electron chi connectivity index (χ2n) is 8.43. The standard InChI is InChI=1S/C26H30O5/c1-6-9-17-15-20(28)30-25-21(17)24-18(23(29)22(25)19(27)10-7-2)12-14-26(5,31-24)13-8-11-16(3)4/h6,9,11-12,14-15,29H,7-8,10,13H2,1-5H3/b9-6+. The largest absolute Gasteiger partial charge is 0.506 e. The molecule has 5 heteroatoms. The van der Waals surface area contributed by atoms with E-state index < -0.39 is 11.2 Å². The predicted octanol–water partition coefficient (Wildman–Crippen LogP) is 6.43. The number of Topliss-reactive ketones (excluding diaryl/α,β-unsaturated/α-hetero) is 1. The van der Waals surface area contributed by atoms with Crippen LogP contribution in [0.1, 0.15) is 81.8 Å². The van der Waals surface area contributed by atoms with Crippen molar-refractivity contribution >= 4 is 28.9 Å². The third kappa shape index (κ3) is 4.50. The lowest BCUT2D eigenvalue weighted by Gasteiger charge is -2.33. The highest BCUT2D eigenvalue weighted by Crippen LogP contribution is 2.47. The topological polar surface area (TPSA) is 76.7 Å². The quantitative estimate of drug-likeness (QED) is 0.316. The van der Waals surface area contributed by atoms with Crippen LogP contribution in [-0.4, -0.2) is 16.5 Å². The molecule has 31 heavy (non-hydrogen) atoms. The van der Waals surface area contributed by atoms with Crippen LogP contribution in [0.2, 0.25) is 0 Å². The number of allylic oxidation sites excluding steroid dienone is 3. The molecule has 3 rings (SSSR count). The van der Waals surface area contributed by atoms with Crippen LogP contribution in [0.15, 0.2) is 39.1 Å². The molecule has 0 aliphatic carbocycles. The highest BCUT2D eigenvalue weighted by Gasteiger charge is 2.33. The molecule has 0 amide bonds. The number of hydrogen-bond donors (Lipinski definition) is 1. The summed E-state index contributed by atoms with van der Waals surface area (Å²) in [6.07, 6.45) is 11.9. The Hall–Kier alpha value is -3.08. The second-order valence-corrected chi connectivity index (χ2v) is 8.43. The Morgan fingerprint density at radius 2 is 2.03 bits per heavy atom. The van der Waals surface area contributed by atoms with E-state index in [-0.39, 0.29) is 29.1 Å². The zero-order valence-electron chi connectivity index (χ0n) is 18.9. The van der Waals surface area contributed by atoms with Crippen LogP contribution in [-0.2, 0) is 0 Å². The van der Waals surface area contributed by atoms with Gasteiger partial charge in [-0.1, -0.05) is 30.7 Å². The summed E-state index contributed by atoms with van der Waals surface area (Å²) in [7, 11) is 0. The molecule has 1 aromatic heterocycles. The molecule has 5 nitrogen and oxygen atoms in total. The van der Waals surface area contributed by atoms with Gasteiger partial charge < -0.3 is 14.3 Å². The van der Waals surface area contributed by atoms with Gasteiger partial charge in [-0.15, -0.1) is 0 Å². The summed E-state index contributed by atoms with van der Waals surface area (Å²) in [5.41, 5.74) is 1.21. The van der Waals surface area contributed by atoms with Gasteiger partial charge in [0.2, 0.25) is 0 Å². The van der Waals surface area contributed by atoms with Gasteiger partial charge in [-0.25, -0.2) is 4.79 Å². The number of ketones is 1. The number of hydrogen-bond acceptors (Lipinski definition) is 5. The molecule has 0 radical (unpaired) electrons. The third-order valence-electron chi connectivity index (χ3n) is 5.42. The van der Waals surface area contributed by atoms with Crippen molar-refractivity contribution < 1.29 is 19.1 Å². The van der Waals surface area contributed by atoms with Crippen LogP contribution < -0.4 is 10.4 Å². The molecule has 0 fully saturated rings. The number of phenolic OH excluding ortho intramolecular Hbond substituents is 1. The van der Waals surface area contributed by atoms with Gasteiger partial charge >= 0.3 is 5.63 Å². The van der Waals surface area contributed by atoms with Gasteiger partial charge in [-0.2, -0.15) is 0 Å². The zero-order valence-corrected chi connectivity index (χ0v) is 18.9. The van der Waals surface area contributed by atoms with Gasteiger partial charge in [-0.3, -0.25) is 4.79 Å². The smallest absolute Gasteiger partial charge is 0.336 e. The van der Waals surface area contributed by atoms with Crippen LogP contribution in [0.4, 0.5) is 0 Å². The second kappa shape index (κ2) is 8.96. The summed E-state index contributed by atoms with van der Waals surface area (Å²) in [6, 6.07) is 1.38. The van der Waals surface area contributed by atoms with E-state index in [9.17, 15) is 14.7 Å². The molecule has 2 heterocycles. The van der Waals surface area contributed by atoms with Crippen molar-refractivity contribution in [3.05, 3.63) is 57.0 Å². The number of carbonyl (C=O) groups is 1. The fraction of sp³-hybridized carbons (Fsp3) is 0.385. The van der Waals surface area contributed by atoms with Crippen LogP contribution in [0.3, 0.4) is 0 Å². The summed E-state index contributed by atoms with van der Waals surface area (Å²) in [6.45, 7) is 9.83. The van der Waals surface area contributed by atoms with Crippen molar-refractivity contribution in [2.75, 3.05) is 0 Å². The molecule has 1 aromatic carbocycles. The summed E-state index contributed by atoms with van der Waals surface area (Å²) in [5.74, 6) is -0.0391. The average Bonchev–Trinajstić information content (AvgIpc) is 2.67. The van der Waals surface area contributed by atoms with E-state index in [1.807, 2.05) is 39.0 Å². The minimum atomic E-state index is -0.601. The maximum absolute atomic E-state index is 12.9. The van der Waals surface area contributed by atoms with Crippen molar-refractivity contribution in [1.82, 2.24) is 0 Å². The highest BCUT2D eigenvalue weighted by atomic mass is 16.5. The Labute approximate surface area is 182 Å². The Bertz CT molecular complexity index is 1160. The molecular weight excluding hydrogens is 392 g/mol. The van der Waals surface area contributed by atoms with E-state index in [2.05, 4.69) is 19.9 Å². The SMILES string of the molecule is C/C=C/c1cc(=O)oc2c(C(=O)CCC)c(O)c3c(c12)OC(C)(CCC=C(C)C)C=C3. The number of aromatic hydroxyl groups is 1. The molecule has 0 spiro atoms. The fourth-order valence-electron chi connectivity index (χ4n) is 3.90. The molecule has 1 unspecified atom stereocenters. The molecule has 0 saturated heterocycles. The number of ether oxygens (including phenoxy) is 1. The van der Waals surface area contributed by atoms with Gasteiger partial charge in [0.05, 0.1) is 10.9 Å². The minimum absolute atomic E-state index is 0.0421. The fourth-order valence-corrected chi connectivity index (χ4v) is 3.90. The Balaban J connectivity index is 2.30. The van der Waals surface area contributed by atoms with Crippen molar-refractivity contribution in [2.45, 2.75) is 65.9 Å². The molecule has 1 atom stereocenters. The van der Waals surface area contributed by atoms with Gasteiger partial charge in [0.25, 0.3) is 0 Å². The van der Waals surface area contributed by atoms with Crippen LogP contribution >= 0.6 is 0 Å². The zero-order chi connectivity index (χ0) is 22.8. The minimum Gasteiger partial charge on any atom is -0.506 e. The first-order chi connectivity index (χ1) is 14.7. The third-order valence-corrected chi connectivity index (χ3v) is 5.42. The van der Waals surface area contributed by atoms with Crippen LogP contribution in [0.5, 0.6) is 11.5 Å². The van der Waals surface area contributed by atoms with E-state index in [0.29, 0.717) is 28.7 Å². The maximum atomic E-state index is 12.9. The molecule has 0 saturated carbocycles. The van der Waals surface area contributed by atoms with E-state index in [1.54, 1.807) is 6.08 Å². The number of carbonyl (C=O) groups excluding carboxylic acids is 1. The predicted molar refractivity (Wildman–Crippen MR) is 125 cm³/mol. The summed E-state index contributed by atoms with van der Waals surface area (Å²) in [4.78, 5) is 25.1. The summed E-state index contributed by atoms with van der Waals surface area (Å²) in [5, 5.41) is 11.5. The first kappa shape index (κ1) is 22.6. The molecular formula is C26H30O5. The number of fused-ring (bicyclic) bond motifs is 3. The van der Waals surface area contributed by atoms with E-state index >= 15 is 0 Å². The van der Waals surface area contributed by atoms with Crippen LogP contribution in [0, 0.1) is 0 Å². The lowest BCUT2D eigenvalue weighted by molar-refractivity contribution is 0.0979. The van der Waals surface area contributed by atoms with Crippen LogP contribution in [0.25, 0.3) is 23.1 Å². The molecule has 1 aliphatic heterocycles. The normalized spacial score (nSPS) is 17.6. The van der Waals surface area contributed by atoms with Crippen molar-refractivity contribution in [1.29, 1.82) is 0 Å². The summed E-state index contributed by atoms with van der Waals surface area (Å²) < 4.78 is 11.9. The number of benzene rings is 1. The van der Waals surface area contributed by atoms with Gasteiger partial charge in [0.1, 0.15) is 22.7 Å². The van der Waals surface area contributed by atoms with Gasteiger partial charge in [0.15, 0.2) is 11.4 Å². The molecule has 1 N–H and O–H groups in total. The molecule has 1 aliphatic rings. The average molecular weight is 423 g/mol. The summed E-state index contributed by atoms with van der Waals surface area (Å²) >= 11 is 0. The first-order valence-electron chi connectivity index (χ1n) is 10.7. The van der Waals surface area contributed by atoms with E-state index in [4.69, 9.17) is 9.15 Å². The van der Waals surface area contributed by atoms with Crippen molar-refractivity contribution in [2.24, 2.45) is 0 Å². The van der Waals surface area contributed by atoms with Gasteiger partial charge in [0, 0.05) is 12.5 Å². The number of rotatable bonds is 7. The molecule has 0 bridgehead atoms. The Morgan fingerprint density at radius 1 is 1.29 bits per heavy atom. The van der Waals surface area contributed by atoms with Crippen molar-refractivity contribution in [3.8, 4) is 11.5 Å². The van der Waals surface area contributed by atoms with Gasteiger partial charge in [-0.05, 0) is 64.7 Å². The Morgan fingerprint density at radius 3 is 2.68 bits per heavy atom. The number of phenols is 1. The highest BCUT2D eigenvalue weighted by molar-refractivity contribution is 6.13. The lowest BCUT2D eigenvalue weighted by Crippen LogP contribution is -2.32.